The van der Waals surface area contributed by atoms with Gasteiger partial charge in [0.2, 0.25) is 0 Å². The summed E-state index contributed by atoms with van der Waals surface area (Å²) in [5.41, 5.74) is 7.35. The van der Waals surface area contributed by atoms with Gasteiger partial charge in [-0.25, -0.2) is 9.97 Å². The van der Waals surface area contributed by atoms with Gasteiger partial charge in [0.15, 0.2) is 0 Å². The Kier molecular flexibility index (Phi) is 3.40. The third-order valence-corrected chi connectivity index (χ3v) is 4.14. The molecule has 0 bridgehead atoms. The highest BCUT2D eigenvalue weighted by Gasteiger charge is 2.06. The lowest BCUT2D eigenvalue weighted by Crippen LogP contribution is -1.89. The van der Waals surface area contributed by atoms with Gasteiger partial charge in [-0.2, -0.15) is 0 Å². The smallest absolute Gasteiger partial charge is 0.117 e. The molecule has 94 valence electrons. The molecule has 0 radical (unpaired) electrons. The van der Waals surface area contributed by atoms with Crippen molar-refractivity contribution in [2.24, 2.45) is 0 Å². The molecule has 0 aliphatic heterocycles. The summed E-state index contributed by atoms with van der Waals surface area (Å²) in [6.07, 6.45) is 1.57. The van der Waals surface area contributed by atoms with E-state index in [4.69, 9.17) is 5.73 Å². The molecule has 3 rings (SSSR count). The Morgan fingerprint density at radius 1 is 1.05 bits per heavy atom. The standard InChI is InChI=1S/C14H10BrN3S/c15-9-2-1-3-11(6-9)19-14-12-5-4-10(16)7-13(12)17-8-18-14/h1-8H,16H2. The van der Waals surface area contributed by atoms with Gasteiger partial charge >= 0.3 is 0 Å². The molecule has 0 spiro atoms. The van der Waals surface area contributed by atoms with Crippen LogP contribution in [0.15, 0.2) is 63.2 Å². The zero-order valence-corrected chi connectivity index (χ0v) is 12.3. The minimum atomic E-state index is 0.713. The number of aromatic nitrogens is 2. The fourth-order valence-electron chi connectivity index (χ4n) is 1.77. The number of rotatable bonds is 2. The maximum absolute atomic E-state index is 5.77. The Morgan fingerprint density at radius 2 is 1.95 bits per heavy atom. The van der Waals surface area contributed by atoms with Gasteiger partial charge in [-0.3, -0.25) is 0 Å². The number of nitrogen functional groups attached to an aromatic ring is 1. The molecule has 0 saturated heterocycles. The van der Waals surface area contributed by atoms with Gasteiger partial charge < -0.3 is 5.73 Å². The topological polar surface area (TPSA) is 51.8 Å². The van der Waals surface area contributed by atoms with Crippen LogP contribution in [0.1, 0.15) is 0 Å². The summed E-state index contributed by atoms with van der Waals surface area (Å²) in [4.78, 5) is 9.74. The summed E-state index contributed by atoms with van der Waals surface area (Å²) in [6, 6.07) is 13.8. The highest BCUT2D eigenvalue weighted by atomic mass is 79.9. The molecular formula is C14H10BrN3S. The number of benzene rings is 2. The zero-order chi connectivity index (χ0) is 13.2. The second-order valence-corrected chi connectivity index (χ2v) is 5.99. The molecule has 3 nitrogen and oxygen atoms in total. The van der Waals surface area contributed by atoms with Gasteiger partial charge in [0, 0.05) is 20.4 Å². The summed E-state index contributed by atoms with van der Waals surface area (Å²) < 4.78 is 1.06. The lowest BCUT2D eigenvalue weighted by atomic mass is 10.2. The fraction of sp³-hybridized carbons (Fsp3) is 0. The number of hydrogen-bond donors (Lipinski definition) is 1. The van der Waals surface area contributed by atoms with Gasteiger partial charge in [0.1, 0.15) is 11.4 Å². The summed E-state index contributed by atoms with van der Waals surface area (Å²) in [6.45, 7) is 0. The van der Waals surface area contributed by atoms with Gasteiger partial charge in [-0.05, 0) is 36.4 Å². The molecule has 19 heavy (non-hydrogen) atoms. The third kappa shape index (κ3) is 2.72. The lowest BCUT2D eigenvalue weighted by Gasteiger charge is -2.05. The van der Waals surface area contributed by atoms with E-state index >= 15 is 0 Å². The number of anilines is 1. The number of hydrogen-bond acceptors (Lipinski definition) is 4. The fourth-order valence-corrected chi connectivity index (χ4v) is 3.26. The first kappa shape index (κ1) is 12.4. The van der Waals surface area contributed by atoms with Crippen molar-refractivity contribution in [1.82, 2.24) is 9.97 Å². The van der Waals surface area contributed by atoms with Crippen LogP contribution in [0, 0.1) is 0 Å². The van der Waals surface area contributed by atoms with E-state index in [2.05, 4.69) is 38.0 Å². The highest BCUT2D eigenvalue weighted by Crippen LogP contribution is 2.32. The van der Waals surface area contributed by atoms with E-state index in [0.29, 0.717) is 5.69 Å². The predicted octanol–water partition coefficient (Wildman–Crippen LogP) is 4.13. The molecule has 1 heterocycles. The monoisotopic (exact) mass is 331 g/mol. The number of fused-ring (bicyclic) bond motifs is 1. The first-order valence-corrected chi connectivity index (χ1v) is 7.27. The van der Waals surface area contributed by atoms with Crippen molar-refractivity contribution in [3.05, 3.63) is 53.3 Å². The normalized spacial score (nSPS) is 10.8. The lowest BCUT2D eigenvalue weighted by molar-refractivity contribution is 1.10. The first-order valence-electron chi connectivity index (χ1n) is 5.66. The van der Waals surface area contributed by atoms with Gasteiger partial charge in [-0.15, -0.1) is 0 Å². The van der Waals surface area contributed by atoms with Gasteiger partial charge in [0.05, 0.1) is 5.52 Å². The van der Waals surface area contributed by atoms with E-state index in [1.165, 1.54) is 0 Å². The Balaban J connectivity index is 2.06. The van der Waals surface area contributed by atoms with E-state index in [-0.39, 0.29) is 0 Å². The molecule has 0 fully saturated rings. The molecule has 0 atom stereocenters. The number of halogens is 1. The summed E-state index contributed by atoms with van der Waals surface area (Å²) in [5.74, 6) is 0. The minimum absolute atomic E-state index is 0.713. The van der Waals surface area contributed by atoms with Crippen molar-refractivity contribution >= 4 is 44.3 Å². The van der Waals surface area contributed by atoms with Crippen LogP contribution < -0.4 is 5.73 Å². The van der Waals surface area contributed by atoms with Crippen molar-refractivity contribution in [1.29, 1.82) is 0 Å². The molecule has 0 amide bonds. The van der Waals surface area contributed by atoms with Gasteiger partial charge in [0.25, 0.3) is 0 Å². The molecule has 2 N–H and O–H groups in total. The maximum Gasteiger partial charge on any atom is 0.117 e. The second kappa shape index (κ2) is 5.19. The number of nitrogens with two attached hydrogens (primary N) is 1. The first-order chi connectivity index (χ1) is 9.22. The Labute approximate surface area is 123 Å². The Hall–Kier alpha value is -1.59. The number of nitrogens with zero attached hydrogens (tertiary/aromatic N) is 2. The molecule has 0 aliphatic rings. The zero-order valence-electron chi connectivity index (χ0n) is 9.88. The van der Waals surface area contributed by atoms with E-state index in [1.807, 2.05) is 30.3 Å². The summed E-state index contributed by atoms with van der Waals surface area (Å²) in [5, 5.41) is 1.95. The van der Waals surface area contributed by atoms with Crippen molar-refractivity contribution in [2.75, 3.05) is 5.73 Å². The van der Waals surface area contributed by atoms with Gasteiger partial charge in [-0.1, -0.05) is 33.8 Å². The van der Waals surface area contributed by atoms with Crippen LogP contribution in [0.5, 0.6) is 0 Å². The molecule has 3 aromatic rings. The van der Waals surface area contributed by atoms with Crippen LogP contribution >= 0.6 is 27.7 Å². The summed E-state index contributed by atoms with van der Waals surface area (Å²) >= 11 is 5.09. The average molecular weight is 332 g/mol. The van der Waals surface area contributed by atoms with Crippen molar-refractivity contribution in [3.63, 3.8) is 0 Å². The van der Waals surface area contributed by atoms with Crippen molar-refractivity contribution in [2.45, 2.75) is 9.92 Å². The molecule has 2 aromatic carbocycles. The Bertz CT molecular complexity index is 746. The van der Waals surface area contributed by atoms with Crippen LogP contribution in [-0.2, 0) is 0 Å². The van der Waals surface area contributed by atoms with E-state index < -0.39 is 0 Å². The van der Waals surface area contributed by atoms with Crippen molar-refractivity contribution < 1.29 is 0 Å². The highest BCUT2D eigenvalue weighted by molar-refractivity contribution is 9.10. The van der Waals surface area contributed by atoms with Crippen LogP contribution in [0.4, 0.5) is 5.69 Å². The largest absolute Gasteiger partial charge is 0.399 e. The van der Waals surface area contributed by atoms with E-state index in [1.54, 1.807) is 18.1 Å². The minimum Gasteiger partial charge on any atom is -0.399 e. The van der Waals surface area contributed by atoms with E-state index in [0.717, 1.165) is 25.3 Å². The molecule has 0 unspecified atom stereocenters. The van der Waals surface area contributed by atoms with E-state index in [9.17, 15) is 0 Å². The quantitative estimate of drug-likeness (QED) is 0.566. The summed E-state index contributed by atoms with van der Waals surface area (Å²) in [7, 11) is 0. The second-order valence-electron chi connectivity index (χ2n) is 4.01. The van der Waals surface area contributed by atoms with Crippen LogP contribution in [0.25, 0.3) is 10.9 Å². The molecule has 0 saturated carbocycles. The third-order valence-electron chi connectivity index (χ3n) is 2.63. The molecular weight excluding hydrogens is 322 g/mol. The predicted molar refractivity (Wildman–Crippen MR) is 82.2 cm³/mol. The maximum atomic E-state index is 5.77. The Morgan fingerprint density at radius 3 is 2.79 bits per heavy atom. The average Bonchev–Trinajstić information content (AvgIpc) is 2.38. The van der Waals surface area contributed by atoms with Crippen LogP contribution in [0.2, 0.25) is 0 Å². The van der Waals surface area contributed by atoms with Crippen LogP contribution in [-0.4, -0.2) is 9.97 Å². The van der Waals surface area contributed by atoms with Crippen molar-refractivity contribution in [3.8, 4) is 0 Å². The SMILES string of the molecule is Nc1ccc2c(Sc3cccc(Br)c3)ncnc2c1. The van der Waals surface area contributed by atoms with Crippen LogP contribution in [0.3, 0.4) is 0 Å². The molecule has 5 heteroatoms. The molecule has 1 aromatic heterocycles. The molecule has 0 aliphatic carbocycles.